The van der Waals surface area contributed by atoms with Gasteiger partial charge in [-0.2, -0.15) is 0 Å². The second-order valence-electron chi connectivity index (χ2n) is 6.11. The van der Waals surface area contributed by atoms with E-state index in [1.807, 2.05) is 0 Å². The van der Waals surface area contributed by atoms with Gasteiger partial charge in [0, 0.05) is 32.3 Å². The molecule has 0 aromatic heterocycles. The maximum absolute atomic E-state index is 5.90. The van der Waals surface area contributed by atoms with Gasteiger partial charge in [0.25, 0.3) is 0 Å². The van der Waals surface area contributed by atoms with Gasteiger partial charge in [0.15, 0.2) is 0 Å². The van der Waals surface area contributed by atoms with Crippen molar-refractivity contribution in [2.75, 3.05) is 33.4 Å². The molecule has 2 N–H and O–H groups in total. The Kier molecular flexibility index (Phi) is 5.22. The number of hydrogen-bond acceptors (Lipinski definition) is 3. The van der Waals surface area contributed by atoms with Crippen molar-refractivity contribution in [3.8, 4) is 0 Å². The fourth-order valence-corrected chi connectivity index (χ4v) is 2.66. The molecule has 0 bridgehead atoms. The van der Waals surface area contributed by atoms with Gasteiger partial charge in [0.1, 0.15) is 0 Å². The van der Waals surface area contributed by atoms with Gasteiger partial charge in [-0.05, 0) is 31.2 Å². The molecule has 3 nitrogen and oxygen atoms in total. The number of likely N-dealkylation sites (N-methyl/N-ethyl adjacent to an activating group) is 1. The van der Waals surface area contributed by atoms with Gasteiger partial charge >= 0.3 is 0 Å². The number of hydrogen-bond donors (Lipinski definition) is 1. The van der Waals surface area contributed by atoms with E-state index in [0.717, 1.165) is 32.2 Å². The smallest absolute Gasteiger partial charge is 0.0469 e. The van der Waals surface area contributed by atoms with E-state index in [-0.39, 0.29) is 5.41 Å². The van der Waals surface area contributed by atoms with Crippen LogP contribution in [0.2, 0.25) is 0 Å². The standard InChI is InChI=1S/C13H28N2O/c1-13(2,3)12(9-14)15(4)10-11-5-7-16-8-6-11/h11-12H,5-10,14H2,1-4H3. The van der Waals surface area contributed by atoms with Gasteiger partial charge in [-0.1, -0.05) is 20.8 Å². The lowest BCUT2D eigenvalue weighted by Gasteiger charge is -2.39. The predicted octanol–water partition coefficient (Wildman–Crippen LogP) is 1.72. The highest BCUT2D eigenvalue weighted by Crippen LogP contribution is 2.25. The summed E-state index contributed by atoms with van der Waals surface area (Å²) in [5.74, 6) is 0.787. The Balaban J connectivity index is 2.45. The Labute approximate surface area is 100 Å². The highest BCUT2D eigenvalue weighted by atomic mass is 16.5. The van der Waals surface area contributed by atoms with Gasteiger partial charge in [0.05, 0.1) is 0 Å². The lowest BCUT2D eigenvalue weighted by Crippen LogP contribution is -2.48. The summed E-state index contributed by atoms with van der Waals surface area (Å²) in [4.78, 5) is 2.44. The largest absolute Gasteiger partial charge is 0.381 e. The lowest BCUT2D eigenvalue weighted by molar-refractivity contribution is 0.0396. The lowest BCUT2D eigenvalue weighted by atomic mass is 9.85. The summed E-state index contributed by atoms with van der Waals surface area (Å²) >= 11 is 0. The van der Waals surface area contributed by atoms with Crippen molar-refractivity contribution in [1.82, 2.24) is 4.90 Å². The maximum atomic E-state index is 5.90. The maximum Gasteiger partial charge on any atom is 0.0469 e. The zero-order valence-electron chi connectivity index (χ0n) is 11.3. The second-order valence-corrected chi connectivity index (χ2v) is 6.11. The van der Waals surface area contributed by atoms with Gasteiger partial charge < -0.3 is 15.4 Å². The number of ether oxygens (including phenoxy) is 1. The van der Waals surface area contributed by atoms with Crippen molar-refractivity contribution in [3.63, 3.8) is 0 Å². The zero-order valence-corrected chi connectivity index (χ0v) is 11.3. The van der Waals surface area contributed by atoms with Crippen LogP contribution in [-0.2, 0) is 4.74 Å². The molecule has 96 valence electrons. The minimum atomic E-state index is 0.259. The monoisotopic (exact) mass is 228 g/mol. The van der Waals surface area contributed by atoms with Crippen LogP contribution in [0.15, 0.2) is 0 Å². The molecule has 3 heteroatoms. The van der Waals surface area contributed by atoms with Crippen LogP contribution >= 0.6 is 0 Å². The molecule has 1 atom stereocenters. The van der Waals surface area contributed by atoms with Crippen LogP contribution in [0.3, 0.4) is 0 Å². The van der Waals surface area contributed by atoms with Crippen LogP contribution < -0.4 is 5.73 Å². The molecule has 0 aromatic rings. The minimum Gasteiger partial charge on any atom is -0.381 e. The fraction of sp³-hybridized carbons (Fsp3) is 1.00. The van der Waals surface area contributed by atoms with Crippen LogP contribution in [0.4, 0.5) is 0 Å². The Morgan fingerprint density at radius 3 is 2.31 bits per heavy atom. The summed E-state index contributed by atoms with van der Waals surface area (Å²) in [6, 6.07) is 0.468. The summed E-state index contributed by atoms with van der Waals surface area (Å²) in [7, 11) is 2.21. The van der Waals surface area contributed by atoms with Gasteiger partial charge in [0.2, 0.25) is 0 Å². The number of nitrogens with zero attached hydrogens (tertiary/aromatic N) is 1. The van der Waals surface area contributed by atoms with E-state index in [9.17, 15) is 0 Å². The van der Waals surface area contributed by atoms with Crippen molar-refractivity contribution in [3.05, 3.63) is 0 Å². The third kappa shape index (κ3) is 4.04. The van der Waals surface area contributed by atoms with E-state index in [4.69, 9.17) is 10.5 Å². The summed E-state index contributed by atoms with van der Waals surface area (Å²) in [6.07, 6.45) is 2.40. The van der Waals surface area contributed by atoms with Crippen molar-refractivity contribution in [2.45, 2.75) is 39.7 Å². The first kappa shape index (κ1) is 13.9. The first-order chi connectivity index (χ1) is 7.45. The fourth-order valence-electron chi connectivity index (χ4n) is 2.66. The Morgan fingerprint density at radius 2 is 1.88 bits per heavy atom. The van der Waals surface area contributed by atoms with Crippen LogP contribution in [0.25, 0.3) is 0 Å². The molecular weight excluding hydrogens is 200 g/mol. The quantitative estimate of drug-likeness (QED) is 0.796. The van der Waals surface area contributed by atoms with E-state index in [0.29, 0.717) is 6.04 Å². The van der Waals surface area contributed by atoms with Crippen LogP contribution in [-0.4, -0.2) is 44.3 Å². The molecule has 1 aliphatic heterocycles. The molecule has 1 rings (SSSR count). The highest BCUT2D eigenvalue weighted by Gasteiger charge is 2.28. The molecule has 0 radical (unpaired) electrons. The second kappa shape index (κ2) is 5.99. The average molecular weight is 228 g/mol. The van der Waals surface area contributed by atoms with Gasteiger partial charge in [-0.3, -0.25) is 0 Å². The molecule has 0 aromatic carbocycles. The molecule has 0 saturated carbocycles. The SMILES string of the molecule is CN(CC1CCOCC1)C(CN)C(C)(C)C. The zero-order chi connectivity index (χ0) is 12.2. The van der Waals surface area contributed by atoms with Crippen molar-refractivity contribution in [2.24, 2.45) is 17.1 Å². The molecule has 1 unspecified atom stereocenters. The van der Waals surface area contributed by atoms with E-state index in [1.54, 1.807) is 0 Å². The molecule has 0 aliphatic carbocycles. The summed E-state index contributed by atoms with van der Waals surface area (Å²) in [5, 5.41) is 0. The van der Waals surface area contributed by atoms with Crippen LogP contribution in [0.5, 0.6) is 0 Å². The molecule has 0 spiro atoms. The molecule has 0 amide bonds. The third-order valence-corrected chi connectivity index (χ3v) is 3.64. The molecule has 1 aliphatic rings. The van der Waals surface area contributed by atoms with E-state index >= 15 is 0 Å². The average Bonchev–Trinajstić information content (AvgIpc) is 2.17. The Morgan fingerprint density at radius 1 is 1.31 bits per heavy atom. The minimum absolute atomic E-state index is 0.259. The predicted molar refractivity (Wildman–Crippen MR) is 68.5 cm³/mol. The van der Waals surface area contributed by atoms with E-state index in [1.165, 1.54) is 12.8 Å². The topological polar surface area (TPSA) is 38.5 Å². The Bertz CT molecular complexity index is 195. The Hall–Kier alpha value is -0.120. The first-order valence-corrected chi connectivity index (χ1v) is 6.43. The molecule has 1 heterocycles. The summed E-state index contributed by atoms with van der Waals surface area (Å²) < 4.78 is 5.39. The summed E-state index contributed by atoms with van der Waals surface area (Å²) in [6.45, 7) is 10.6. The highest BCUT2D eigenvalue weighted by molar-refractivity contribution is 4.83. The van der Waals surface area contributed by atoms with Crippen molar-refractivity contribution in [1.29, 1.82) is 0 Å². The van der Waals surface area contributed by atoms with E-state index < -0.39 is 0 Å². The van der Waals surface area contributed by atoms with Gasteiger partial charge in [-0.15, -0.1) is 0 Å². The van der Waals surface area contributed by atoms with Crippen molar-refractivity contribution >= 4 is 0 Å². The van der Waals surface area contributed by atoms with E-state index in [2.05, 4.69) is 32.7 Å². The molecule has 16 heavy (non-hydrogen) atoms. The third-order valence-electron chi connectivity index (χ3n) is 3.64. The van der Waals surface area contributed by atoms with Gasteiger partial charge in [-0.25, -0.2) is 0 Å². The van der Waals surface area contributed by atoms with Crippen molar-refractivity contribution < 1.29 is 4.74 Å². The number of nitrogens with two attached hydrogens (primary N) is 1. The van der Waals surface area contributed by atoms with Crippen LogP contribution in [0.1, 0.15) is 33.6 Å². The summed E-state index contributed by atoms with van der Waals surface area (Å²) in [5.41, 5.74) is 6.16. The molecular formula is C13H28N2O. The normalized spacial score (nSPS) is 21.4. The molecule has 1 fully saturated rings. The van der Waals surface area contributed by atoms with Crippen LogP contribution in [0, 0.1) is 11.3 Å². The molecule has 1 saturated heterocycles. The first-order valence-electron chi connectivity index (χ1n) is 6.43. The number of rotatable bonds is 4.